The second kappa shape index (κ2) is 3.35. The van der Waals surface area contributed by atoms with Crippen molar-refractivity contribution >= 4 is 0 Å². The topological polar surface area (TPSA) is 54.5 Å². The van der Waals surface area contributed by atoms with E-state index in [0.717, 1.165) is 12.2 Å². The quantitative estimate of drug-likeness (QED) is 0.658. The lowest BCUT2D eigenvalue weighted by molar-refractivity contribution is 0.464. The van der Waals surface area contributed by atoms with Crippen molar-refractivity contribution in [3.63, 3.8) is 0 Å². The summed E-state index contributed by atoms with van der Waals surface area (Å²) in [6.07, 6.45) is 0. The Morgan fingerprint density at radius 2 is 2.25 bits per heavy atom. The van der Waals surface area contributed by atoms with Crippen LogP contribution in [0.5, 0.6) is 0 Å². The predicted octanol–water partition coefficient (Wildman–Crippen LogP) is 1.11. The zero-order valence-corrected chi connectivity index (χ0v) is 7.57. The minimum Gasteiger partial charge on any atom is -0.248 e. The standard InChI is InChI=1S/C8H12N4/c1-6(2)5-12-7(3)8(4-9)10-11-12/h6H,5H2,1-3H3. The number of nitrogens with zero attached hydrogens (tertiary/aromatic N) is 4. The van der Waals surface area contributed by atoms with E-state index in [1.165, 1.54) is 0 Å². The van der Waals surface area contributed by atoms with Gasteiger partial charge in [0.15, 0.2) is 5.69 Å². The molecule has 0 spiro atoms. The number of rotatable bonds is 2. The number of hydrogen-bond donors (Lipinski definition) is 0. The molecule has 0 fully saturated rings. The van der Waals surface area contributed by atoms with Crippen LogP contribution in [0, 0.1) is 24.2 Å². The highest BCUT2D eigenvalue weighted by Crippen LogP contribution is 2.04. The summed E-state index contributed by atoms with van der Waals surface area (Å²) >= 11 is 0. The van der Waals surface area contributed by atoms with Gasteiger partial charge in [-0.3, -0.25) is 0 Å². The van der Waals surface area contributed by atoms with Crippen molar-refractivity contribution in [3.8, 4) is 6.07 Å². The van der Waals surface area contributed by atoms with Gasteiger partial charge in [-0.25, -0.2) is 4.68 Å². The Morgan fingerprint density at radius 3 is 2.67 bits per heavy atom. The van der Waals surface area contributed by atoms with Crippen LogP contribution in [0.1, 0.15) is 25.2 Å². The molecule has 0 bridgehead atoms. The van der Waals surface area contributed by atoms with Gasteiger partial charge in [0.1, 0.15) is 6.07 Å². The van der Waals surface area contributed by atoms with Gasteiger partial charge in [-0.1, -0.05) is 19.1 Å². The molecule has 1 aromatic heterocycles. The van der Waals surface area contributed by atoms with Crippen molar-refractivity contribution < 1.29 is 0 Å². The first-order chi connectivity index (χ1) is 5.65. The Morgan fingerprint density at radius 1 is 1.58 bits per heavy atom. The van der Waals surface area contributed by atoms with Gasteiger partial charge >= 0.3 is 0 Å². The average molecular weight is 164 g/mol. The summed E-state index contributed by atoms with van der Waals surface area (Å²) < 4.78 is 1.77. The fraction of sp³-hybridized carbons (Fsp3) is 0.625. The van der Waals surface area contributed by atoms with E-state index < -0.39 is 0 Å². The highest BCUT2D eigenvalue weighted by Gasteiger charge is 2.07. The lowest BCUT2D eigenvalue weighted by atomic mass is 10.2. The van der Waals surface area contributed by atoms with Crippen LogP contribution in [0.25, 0.3) is 0 Å². The Hall–Kier alpha value is -1.37. The SMILES string of the molecule is Cc1c(C#N)nnn1CC(C)C. The van der Waals surface area contributed by atoms with Gasteiger partial charge in [0.05, 0.1) is 5.69 Å². The van der Waals surface area contributed by atoms with Crippen LogP contribution in [0.15, 0.2) is 0 Å². The van der Waals surface area contributed by atoms with E-state index in [4.69, 9.17) is 5.26 Å². The molecule has 0 atom stereocenters. The first-order valence-electron chi connectivity index (χ1n) is 3.95. The molecule has 12 heavy (non-hydrogen) atoms. The third kappa shape index (κ3) is 1.62. The van der Waals surface area contributed by atoms with Crippen molar-refractivity contribution in [2.45, 2.75) is 27.3 Å². The number of nitriles is 1. The molecule has 0 amide bonds. The van der Waals surface area contributed by atoms with Gasteiger partial charge in [0.25, 0.3) is 0 Å². The zero-order valence-electron chi connectivity index (χ0n) is 7.57. The van der Waals surface area contributed by atoms with Crippen LogP contribution >= 0.6 is 0 Å². The molecular formula is C8H12N4. The second-order valence-electron chi connectivity index (χ2n) is 3.21. The maximum atomic E-state index is 8.60. The molecule has 0 aliphatic carbocycles. The average Bonchev–Trinajstić information content (AvgIpc) is 2.32. The van der Waals surface area contributed by atoms with E-state index in [0.29, 0.717) is 11.6 Å². The first-order valence-corrected chi connectivity index (χ1v) is 3.95. The number of aromatic nitrogens is 3. The largest absolute Gasteiger partial charge is 0.248 e. The maximum Gasteiger partial charge on any atom is 0.185 e. The van der Waals surface area contributed by atoms with Gasteiger partial charge in [0, 0.05) is 6.54 Å². The highest BCUT2D eigenvalue weighted by molar-refractivity contribution is 5.22. The smallest absolute Gasteiger partial charge is 0.185 e. The normalized spacial score (nSPS) is 10.2. The molecule has 1 rings (SSSR count). The molecule has 0 saturated heterocycles. The Kier molecular flexibility index (Phi) is 2.44. The maximum absolute atomic E-state index is 8.60. The summed E-state index contributed by atoms with van der Waals surface area (Å²) in [6, 6.07) is 1.99. The van der Waals surface area contributed by atoms with Crippen LogP contribution in [-0.4, -0.2) is 15.0 Å². The van der Waals surface area contributed by atoms with Crippen LogP contribution in [0.2, 0.25) is 0 Å². The molecule has 4 heteroatoms. The zero-order chi connectivity index (χ0) is 9.14. The second-order valence-corrected chi connectivity index (χ2v) is 3.21. The molecule has 0 aliphatic rings. The van der Waals surface area contributed by atoms with Crippen LogP contribution in [0.3, 0.4) is 0 Å². The van der Waals surface area contributed by atoms with E-state index in [1.807, 2.05) is 13.0 Å². The molecule has 64 valence electrons. The van der Waals surface area contributed by atoms with Crippen molar-refractivity contribution in [2.24, 2.45) is 5.92 Å². The minimum atomic E-state index is 0.427. The highest BCUT2D eigenvalue weighted by atomic mass is 15.4. The molecule has 0 saturated carbocycles. The fourth-order valence-corrected chi connectivity index (χ4v) is 0.983. The molecular weight excluding hydrogens is 152 g/mol. The van der Waals surface area contributed by atoms with Gasteiger partial charge < -0.3 is 0 Å². The predicted molar refractivity (Wildman–Crippen MR) is 44.3 cm³/mol. The third-order valence-corrected chi connectivity index (χ3v) is 1.63. The van der Waals surface area contributed by atoms with Crippen LogP contribution in [0.4, 0.5) is 0 Å². The number of hydrogen-bond acceptors (Lipinski definition) is 3. The van der Waals surface area contributed by atoms with E-state index in [2.05, 4.69) is 24.2 Å². The van der Waals surface area contributed by atoms with E-state index in [1.54, 1.807) is 4.68 Å². The van der Waals surface area contributed by atoms with E-state index in [9.17, 15) is 0 Å². The summed E-state index contributed by atoms with van der Waals surface area (Å²) in [7, 11) is 0. The Balaban J connectivity index is 2.89. The summed E-state index contributed by atoms with van der Waals surface area (Å²) in [5.74, 6) is 0.525. The van der Waals surface area contributed by atoms with E-state index >= 15 is 0 Å². The third-order valence-electron chi connectivity index (χ3n) is 1.63. The minimum absolute atomic E-state index is 0.427. The van der Waals surface area contributed by atoms with Crippen molar-refractivity contribution in [3.05, 3.63) is 11.4 Å². The Labute approximate surface area is 71.8 Å². The van der Waals surface area contributed by atoms with Crippen molar-refractivity contribution in [1.82, 2.24) is 15.0 Å². The lowest BCUT2D eigenvalue weighted by Crippen LogP contribution is -2.07. The Bertz CT molecular complexity index is 305. The van der Waals surface area contributed by atoms with Gasteiger partial charge in [-0.05, 0) is 12.8 Å². The van der Waals surface area contributed by atoms with Gasteiger partial charge in [-0.15, -0.1) is 5.10 Å². The first kappa shape index (κ1) is 8.72. The van der Waals surface area contributed by atoms with E-state index in [-0.39, 0.29) is 0 Å². The molecule has 1 aromatic rings. The molecule has 4 nitrogen and oxygen atoms in total. The lowest BCUT2D eigenvalue weighted by Gasteiger charge is -2.04. The molecule has 0 radical (unpaired) electrons. The summed E-state index contributed by atoms with van der Waals surface area (Å²) in [4.78, 5) is 0. The molecule has 0 aliphatic heterocycles. The van der Waals surface area contributed by atoms with Crippen molar-refractivity contribution in [1.29, 1.82) is 5.26 Å². The summed E-state index contributed by atoms with van der Waals surface area (Å²) in [6.45, 7) is 6.89. The molecule has 1 heterocycles. The fourth-order valence-electron chi connectivity index (χ4n) is 0.983. The molecule has 0 N–H and O–H groups in total. The van der Waals surface area contributed by atoms with Gasteiger partial charge in [0.2, 0.25) is 0 Å². The molecule has 0 aromatic carbocycles. The monoisotopic (exact) mass is 164 g/mol. The van der Waals surface area contributed by atoms with Crippen LogP contribution in [-0.2, 0) is 6.54 Å². The van der Waals surface area contributed by atoms with Gasteiger partial charge in [-0.2, -0.15) is 5.26 Å². The van der Waals surface area contributed by atoms with Crippen LogP contribution < -0.4 is 0 Å². The van der Waals surface area contributed by atoms with Crippen molar-refractivity contribution in [2.75, 3.05) is 0 Å². The molecule has 0 unspecified atom stereocenters. The summed E-state index contributed by atoms with van der Waals surface area (Å²) in [5.41, 5.74) is 1.28. The summed E-state index contributed by atoms with van der Waals surface area (Å²) in [5, 5.41) is 16.2.